The molecule has 0 aliphatic rings. The largest absolute Gasteiger partial charge is 0.336 e. The highest BCUT2D eigenvalue weighted by Crippen LogP contribution is 2.21. The zero-order chi connectivity index (χ0) is 12.1. The maximum atomic E-state index is 11.8. The van der Waals surface area contributed by atoms with Gasteiger partial charge in [0.05, 0.1) is 11.6 Å². The van der Waals surface area contributed by atoms with Crippen LogP contribution in [0.2, 0.25) is 0 Å². The van der Waals surface area contributed by atoms with Crippen molar-refractivity contribution < 1.29 is 4.79 Å². The smallest absolute Gasteiger partial charge is 0.253 e. The Kier molecular flexibility index (Phi) is 4.97. The van der Waals surface area contributed by atoms with E-state index in [0.717, 1.165) is 4.47 Å². The van der Waals surface area contributed by atoms with Crippen molar-refractivity contribution in [2.75, 3.05) is 0 Å². The minimum atomic E-state index is -0.446. The highest BCUT2D eigenvalue weighted by Gasteiger charge is 2.14. The summed E-state index contributed by atoms with van der Waals surface area (Å²) in [5, 5.41) is 11.4. The van der Waals surface area contributed by atoms with Crippen molar-refractivity contribution in [3.05, 3.63) is 32.7 Å². The molecule has 1 aromatic rings. The number of halogens is 2. The fraction of sp³-hybridized carbons (Fsp3) is 0.273. The van der Waals surface area contributed by atoms with E-state index >= 15 is 0 Å². The zero-order valence-corrected chi connectivity index (χ0v) is 11.8. The van der Waals surface area contributed by atoms with E-state index in [1.54, 1.807) is 12.1 Å². The number of nitrogens with one attached hydrogen (secondary N) is 1. The summed E-state index contributed by atoms with van der Waals surface area (Å²) in [5.41, 5.74) is 0.517. The Morgan fingerprint density at radius 1 is 1.56 bits per heavy atom. The van der Waals surface area contributed by atoms with Gasteiger partial charge in [-0.15, -0.1) is 0 Å². The van der Waals surface area contributed by atoms with Crippen LogP contribution in [0.1, 0.15) is 23.7 Å². The Bertz CT molecular complexity index is 440. The first-order valence-corrected chi connectivity index (χ1v) is 6.32. The Morgan fingerprint density at radius 2 is 2.25 bits per heavy atom. The minimum absolute atomic E-state index is 0.249. The third kappa shape index (κ3) is 3.32. The van der Waals surface area contributed by atoms with Crippen LogP contribution in [0.25, 0.3) is 0 Å². The molecule has 84 valence electrons. The average Bonchev–Trinajstić information content (AvgIpc) is 2.28. The van der Waals surface area contributed by atoms with Crippen molar-refractivity contribution in [2.24, 2.45) is 0 Å². The van der Waals surface area contributed by atoms with Crippen LogP contribution >= 0.6 is 31.9 Å². The second-order valence-electron chi connectivity index (χ2n) is 3.19. The molecule has 3 nitrogen and oxygen atoms in total. The Balaban J connectivity index is 2.89. The van der Waals surface area contributed by atoms with Crippen molar-refractivity contribution in [1.82, 2.24) is 5.32 Å². The van der Waals surface area contributed by atoms with E-state index in [2.05, 4.69) is 37.2 Å². The van der Waals surface area contributed by atoms with Gasteiger partial charge in [0.15, 0.2) is 0 Å². The van der Waals surface area contributed by atoms with E-state index < -0.39 is 6.04 Å². The van der Waals surface area contributed by atoms with Crippen LogP contribution in [0.3, 0.4) is 0 Å². The lowest BCUT2D eigenvalue weighted by atomic mass is 10.2. The first kappa shape index (κ1) is 13.2. The summed E-state index contributed by atoms with van der Waals surface area (Å²) in [4.78, 5) is 11.8. The third-order valence-electron chi connectivity index (χ3n) is 2.04. The SMILES string of the molecule is CCC(C#N)NC(=O)c1cc(Br)ccc1Br. The fourth-order valence-electron chi connectivity index (χ4n) is 1.13. The predicted molar refractivity (Wildman–Crippen MR) is 69.0 cm³/mol. The molecule has 16 heavy (non-hydrogen) atoms. The van der Waals surface area contributed by atoms with E-state index in [4.69, 9.17) is 5.26 Å². The molecular weight excluding hydrogens is 336 g/mol. The summed E-state index contributed by atoms with van der Waals surface area (Å²) in [6.07, 6.45) is 0.591. The molecule has 1 amide bonds. The van der Waals surface area contributed by atoms with E-state index in [0.29, 0.717) is 16.5 Å². The molecule has 0 saturated carbocycles. The average molecular weight is 346 g/mol. The second kappa shape index (κ2) is 6.02. The molecule has 1 rings (SSSR count). The molecule has 1 N–H and O–H groups in total. The highest BCUT2D eigenvalue weighted by molar-refractivity contribution is 9.11. The van der Waals surface area contributed by atoms with Gasteiger partial charge in [0, 0.05) is 8.95 Å². The van der Waals surface area contributed by atoms with Crippen LogP contribution in [0.5, 0.6) is 0 Å². The molecule has 0 bridgehead atoms. The van der Waals surface area contributed by atoms with Crippen molar-refractivity contribution in [2.45, 2.75) is 19.4 Å². The standard InChI is InChI=1S/C11H10Br2N2O/c1-2-8(6-14)15-11(16)9-5-7(12)3-4-10(9)13/h3-5,8H,2H2,1H3,(H,15,16). The van der Waals surface area contributed by atoms with Gasteiger partial charge in [-0.25, -0.2) is 0 Å². The summed E-state index contributed by atoms with van der Waals surface area (Å²) in [6.45, 7) is 1.85. The number of hydrogen-bond donors (Lipinski definition) is 1. The minimum Gasteiger partial charge on any atom is -0.336 e. The van der Waals surface area contributed by atoms with Gasteiger partial charge in [-0.2, -0.15) is 5.26 Å². The molecule has 0 aliphatic carbocycles. The van der Waals surface area contributed by atoms with Crippen molar-refractivity contribution >= 4 is 37.8 Å². The van der Waals surface area contributed by atoms with Crippen molar-refractivity contribution in [3.63, 3.8) is 0 Å². The summed E-state index contributed by atoms with van der Waals surface area (Å²) in [5.74, 6) is -0.249. The van der Waals surface area contributed by atoms with E-state index in [1.165, 1.54) is 0 Å². The van der Waals surface area contributed by atoms with E-state index in [-0.39, 0.29) is 5.91 Å². The summed E-state index contributed by atoms with van der Waals surface area (Å²) < 4.78 is 1.53. The Morgan fingerprint density at radius 3 is 2.81 bits per heavy atom. The van der Waals surface area contributed by atoms with Crippen LogP contribution in [0, 0.1) is 11.3 Å². The second-order valence-corrected chi connectivity index (χ2v) is 4.96. The third-order valence-corrected chi connectivity index (χ3v) is 3.23. The van der Waals surface area contributed by atoms with E-state index in [9.17, 15) is 4.79 Å². The molecule has 0 radical (unpaired) electrons. The number of nitriles is 1. The monoisotopic (exact) mass is 344 g/mol. The van der Waals surface area contributed by atoms with Gasteiger partial charge in [0.25, 0.3) is 5.91 Å². The molecule has 1 aromatic carbocycles. The zero-order valence-electron chi connectivity index (χ0n) is 8.63. The van der Waals surface area contributed by atoms with Gasteiger partial charge in [-0.3, -0.25) is 4.79 Å². The molecule has 0 aliphatic heterocycles. The number of nitrogens with zero attached hydrogens (tertiary/aromatic N) is 1. The van der Waals surface area contributed by atoms with Gasteiger partial charge in [0.2, 0.25) is 0 Å². The van der Waals surface area contributed by atoms with Crippen molar-refractivity contribution in [1.29, 1.82) is 5.26 Å². The molecule has 0 saturated heterocycles. The highest BCUT2D eigenvalue weighted by atomic mass is 79.9. The van der Waals surface area contributed by atoms with Crippen LogP contribution in [-0.4, -0.2) is 11.9 Å². The maximum Gasteiger partial charge on any atom is 0.253 e. The lowest BCUT2D eigenvalue weighted by Gasteiger charge is -2.10. The number of rotatable bonds is 3. The molecule has 0 aromatic heterocycles. The Hall–Kier alpha value is -0.860. The first-order valence-electron chi connectivity index (χ1n) is 4.74. The quantitative estimate of drug-likeness (QED) is 0.914. The van der Waals surface area contributed by atoms with Gasteiger partial charge in [-0.1, -0.05) is 22.9 Å². The topological polar surface area (TPSA) is 52.9 Å². The molecule has 1 atom stereocenters. The van der Waals surface area contributed by atoms with Gasteiger partial charge in [0.1, 0.15) is 6.04 Å². The van der Waals surface area contributed by atoms with Crippen LogP contribution < -0.4 is 5.32 Å². The number of carbonyl (C=O) groups excluding carboxylic acids is 1. The van der Waals surface area contributed by atoms with Crippen LogP contribution in [0.15, 0.2) is 27.1 Å². The number of benzene rings is 1. The van der Waals surface area contributed by atoms with Crippen LogP contribution in [-0.2, 0) is 0 Å². The molecule has 5 heteroatoms. The fourth-order valence-corrected chi connectivity index (χ4v) is 1.92. The summed E-state index contributed by atoms with van der Waals surface area (Å²) in [7, 11) is 0. The lowest BCUT2D eigenvalue weighted by molar-refractivity contribution is 0.0944. The molecular formula is C11H10Br2N2O. The first-order chi connectivity index (χ1) is 7.58. The summed E-state index contributed by atoms with van der Waals surface area (Å²) in [6, 6.07) is 6.91. The maximum absolute atomic E-state index is 11.8. The molecule has 0 fully saturated rings. The predicted octanol–water partition coefficient (Wildman–Crippen LogP) is 3.24. The van der Waals surface area contributed by atoms with Gasteiger partial charge < -0.3 is 5.32 Å². The summed E-state index contributed by atoms with van der Waals surface area (Å²) >= 11 is 6.60. The van der Waals surface area contributed by atoms with Crippen LogP contribution in [0.4, 0.5) is 0 Å². The lowest BCUT2D eigenvalue weighted by Crippen LogP contribution is -2.33. The molecule has 1 unspecified atom stereocenters. The normalized spacial score (nSPS) is 11.6. The number of amides is 1. The van der Waals surface area contributed by atoms with Gasteiger partial charge in [-0.05, 0) is 40.5 Å². The number of carbonyl (C=O) groups is 1. The molecule has 0 spiro atoms. The van der Waals surface area contributed by atoms with Crippen molar-refractivity contribution in [3.8, 4) is 6.07 Å². The number of hydrogen-bond acceptors (Lipinski definition) is 2. The molecule has 0 heterocycles. The van der Waals surface area contributed by atoms with E-state index in [1.807, 2.05) is 19.1 Å². The Labute approximate surface area is 111 Å². The van der Waals surface area contributed by atoms with Gasteiger partial charge >= 0.3 is 0 Å².